The number of carbonyl (C=O) groups is 1. The van der Waals surface area contributed by atoms with Crippen molar-refractivity contribution in [3.05, 3.63) is 71.3 Å². The van der Waals surface area contributed by atoms with Crippen LogP contribution >= 0.6 is 0 Å². The van der Waals surface area contributed by atoms with Crippen LogP contribution in [0.4, 0.5) is 0 Å². The summed E-state index contributed by atoms with van der Waals surface area (Å²) in [7, 11) is 0. The molecule has 0 unspecified atom stereocenters. The highest BCUT2D eigenvalue weighted by Crippen LogP contribution is 2.62. The molecule has 0 aliphatic heterocycles. The molecule has 1 saturated carbocycles. The fraction of sp³-hybridized carbons (Fsp3) is 0.235. The minimum Gasteiger partial charge on any atom is -0.294 e. The summed E-state index contributed by atoms with van der Waals surface area (Å²) < 4.78 is 0. The Balaban J connectivity index is 1.64. The Labute approximate surface area is 106 Å². The van der Waals surface area contributed by atoms with E-state index in [1.54, 1.807) is 0 Å². The van der Waals surface area contributed by atoms with Gasteiger partial charge in [0.05, 0.1) is 0 Å². The van der Waals surface area contributed by atoms with Crippen molar-refractivity contribution in [2.75, 3.05) is 0 Å². The summed E-state index contributed by atoms with van der Waals surface area (Å²) in [6.45, 7) is 0. The zero-order chi connectivity index (χ0) is 12.1. The molecule has 1 fully saturated rings. The van der Waals surface area contributed by atoms with Crippen molar-refractivity contribution in [1.82, 2.24) is 0 Å². The Hall–Kier alpha value is -1.89. The van der Waals surface area contributed by atoms with Crippen molar-refractivity contribution in [1.29, 1.82) is 0 Å². The standard InChI is InChI=1S/C17H14O/c18-17(11-6-2-1-3-7-11)16-14-10-12-8-4-5-9-13(12)15(14)16/h1-9,14-16H,10H2/t14-,15+,16+/m1/s1. The van der Waals surface area contributed by atoms with Gasteiger partial charge in [-0.25, -0.2) is 0 Å². The lowest BCUT2D eigenvalue weighted by Crippen LogP contribution is -2.07. The Kier molecular flexibility index (Phi) is 1.99. The summed E-state index contributed by atoms with van der Waals surface area (Å²) in [4.78, 5) is 12.4. The second kappa shape index (κ2) is 3.55. The summed E-state index contributed by atoms with van der Waals surface area (Å²) in [5.41, 5.74) is 3.73. The van der Waals surface area contributed by atoms with Crippen LogP contribution in [0.3, 0.4) is 0 Å². The van der Waals surface area contributed by atoms with Crippen LogP contribution in [0.5, 0.6) is 0 Å². The first-order valence-electron chi connectivity index (χ1n) is 6.53. The molecule has 88 valence electrons. The van der Waals surface area contributed by atoms with E-state index >= 15 is 0 Å². The predicted octanol–water partition coefficient (Wildman–Crippen LogP) is 3.46. The highest BCUT2D eigenvalue weighted by Gasteiger charge is 2.58. The van der Waals surface area contributed by atoms with Crippen LogP contribution in [-0.4, -0.2) is 5.78 Å². The van der Waals surface area contributed by atoms with Crippen molar-refractivity contribution in [2.24, 2.45) is 11.8 Å². The molecule has 1 nitrogen and oxygen atoms in total. The third-order valence-corrected chi connectivity index (χ3v) is 4.40. The van der Waals surface area contributed by atoms with Gasteiger partial charge >= 0.3 is 0 Å². The lowest BCUT2D eigenvalue weighted by molar-refractivity contribution is 0.0958. The van der Waals surface area contributed by atoms with E-state index in [2.05, 4.69) is 24.3 Å². The molecule has 0 spiro atoms. The van der Waals surface area contributed by atoms with Gasteiger partial charge in [-0.15, -0.1) is 0 Å². The summed E-state index contributed by atoms with van der Waals surface area (Å²) in [5.74, 6) is 1.63. The van der Waals surface area contributed by atoms with Crippen LogP contribution in [-0.2, 0) is 6.42 Å². The molecule has 2 aliphatic rings. The van der Waals surface area contributed by atoms with Crippen LogP contribution in [0.2, 0.25) is 0 Å². The Morgan fingerprint density at radius 1 is 0.944 bits per heavy atom. The number of rotatable bonds is 2. The zero-order valence-corrected chi connectivity index (χ0v) is 10.0. The van der Waals surface area contributed by atoms with Gasteiger partial charge in [0.15, 0.2) is 5.78 Å². The molecular formula is C17H14O. The minimum atomic E-state index is 0.238. The zero-order valence-electron chi connectivity index (χ0n) is 10.0. The third kappa shape index (κ3) is 1.30. The number of carbonyl (C=O) groups excluding carboxylic acids is 1. The van der Waals surface area contributed by atoms with E-state index in [-0.39, 0.29) is 5.92 Å². The summed E-state index contributed by atoms with van der Waals surface area (Å²) in [6, 6.07) is 18.3. The van der Waals surface area contributed by atoms with Gasteiger partial charge in [0, 0.05) is 11.5 Å². The van der Waals surface area contributed by atoms with Gasteiger partial charge in [-0.2, -0.15) is 0 Å². The number of ketones is 1. The van der Waals surface area contributed by atoms with Gasteiger partial charge in [-0.3, -0.25) is 4.79 Å². The highest BCUT2D eigenvalue weighted by atomic mass is 16.1. The van der Waals surface area contributed by atoms with E-state index in [0.717, 1.165) is 12.0 Å². The normalized spacial score (nSPS) is 27.4. The monoisotopic (exact) mass is 234 g/mol. The first-order valence-corrected chi connectivity index (χ1v) is 6.53. The van der Waals surface area contributed by atoms with Crippen LogP contribution in [0.1, 0.15) is 27.4 Å². The smallest absolute Gasteiger partial charge is 0.166 e. The summed E-state index contributed by atoms with van der Waals surface area (Å²) in [6.07, 6.45) is 1.09. The van der Waals surface area contributed by atoms with Crippen LogP contribution in [0.25, 0.3) is 0 Å². The molecular weight excluding hydrogens is 220 g/mol. The van der Waals surface area contributed by atoms with Gasteiger partial charge < -0.3 is 0 Å². The summed E-state index contributed by atoms with van der Waals surface area (Å²) in [5, 5.41) is 0. The number of hydrogen-bond donors (Lipinski definition) is 0. The largest absolute Gasteiger partial charge is 0.294 e. The van der Waals surface area contributed by atoms with Crippen molar-refractivity contribution in [2.45, 2.75) is 12.3 Å². The highest BCUT2D eigenvalue weighted by molar-refractivity contribution is 6.01. The maximum absolute atomic E-state index is 12.4. The van der Waals surface area contributed by atoms with Crippen molar-refractivity contribution < 1.29 is 4.79 Å². The molecule has 0 amide bonds. The lowest BCUT2D eigenvalue weighted by atomic mass is 9.97. The van der Waals surface area contributed by atoms with Crippen molar-refractivity contribution in [3.63, 3.8) is 0 Å². The Morgan fingerprint density at radius 2 is 1.67 bits per heavy atom. The third-order valence-electron chi connectivity index (χ3n) is 4.40. The van der Waals surface area contributed by atoms with Gasteiger partial charge in [-0.1, -0.05) is 54.6 Å². The molecule has 0 heterocycles. The molecule has 0 radical (unpaired) electrons. The average Bonchev–Trinajstić information content (AvgIpc) is 3.01. The van der Waals surface area contributed by atoms with E-state index < -0.39 is 0 Å². The van der Waals surface area contributed by atoms with Gasteiger partial charge in [0.2, 0.25) is 0 Å². The van der Waals surface area contributed by atoms with Crippen molar-refractivity contribution >= 4 is 5.78 Å². The minimum absolute atomic E-state index is 0.238. The topological polar surface area (TPSA) is 17.1 Å². The van der Waals surface area contributed by atoms with Crippen LogP contribution < -0.4 is 0 Å². The Morgan fingerprint density at radius 3 is 2.50 bits per heavy atom. The first-order chi connectivity index (χ1) is 8.86. The quantitative estimate of drug-likeness (QED) is 0.727. The maximum Gasteiger partial charge on any atom is 0.166 e. The number of Topliss-reactive ketones (excluding diaryl/α,β-unsaturated/α-hetero) is 1. The number of hydrogen-bond acceptors (Lipinski definition) is 1. The maximum atomic E-state index is 12.4. The molecule has 4 rings (SSSR count). The van der Waals surface area contributed by atoms with Gasteiger partial charge in [-0.05, 0) is 29.4 Å². The number of fused-ring (bicyclic) bond motifs is 3. The molecule has 1 heteroatoms. The second-order valence-electron chi connectivity index (χ2n) is 5.35. The second-order valence-corrected chi connectivity index (χ2v) is 5.35. The molecule has 2 aliphatic carbocycles. The predicted molar refractivity (Wildman–Crippen MR) is 70.6 cm³/mol. The van der Waals surface area contributed by atoms with Gasteiger partial charge in [0.25, 0.3) is 0 Å². The van der Waals surface area contributed by atoms with E-state index in [9.17, 15) is 4.79 Å². The first kappa shape index (κ1) is 10.1. The van der Waals surface area contributed by atoms with Gasteiger partial charge in [0.1, 0.15) is 0 Å². The lowest BCUT2D eigenvalue weighted by Gasteiger charge is -2.06. The fourth-order valence-corrected chi connectivity index (χ4v) is 3.50. The average molecular weight is 234 g/mol. The van der Waals surface area contributed by atoms with Crippen LogP contribution in [0, 0.1) is 11.8 Å². The molecule has 0 N–H and O–H groups in total. The van der Waals surface area contributed by atoms with Crippen molar-refractivity contribution in [3.8, 4) is 0 Å². The fourth-order valence-electron chi connectivity index (χ4n) is 3.50. The molecule has 18 heavy (non-hydrogen) atoms. The number of benzene rings is 2. The molecule has 2 aromatic carbocycles. The van der Waals surface area contributed by atoms with E-state index in [4.69, 9.17) is 0 Å². The van der Waals surface area contributed by atoms with E-state index in [1.807, 2.05) is 30.3 Å². The molecule has 2 aromatic rings. The summed E-state index contributed by atoms with van der Waals surface area (Å²) >= 11 is 0. The van der Waals surface area contributed by atoms with E-state index in [0.29, 0.717) is 17.6 Å². The molecule has 0 saturated heterocycles. The van der Waals surface area contributed by atoms with Crippen LogP contribution in [0.15, 0.2) is 54.6 Å². The molecule has 0 bridgehead atoms. The SMILES string of the molecule is O=C(c1ccccc1)[C@H]1[C@@H]2Cc3ccccc3[C@@H]21. The molecule has 0 aromatic heterocycles. The molecule has 3 atom stereocenters. The Bertz CT molecular complexity index is 615. The van der Waals surface area contributed by atoms with E-state index in [1.165, 1.54) is 11.1 Å².